The third-order valence-corrected chi connectivity index (χ3v) is 5.56. The van der Waals surface area contributed by atoms with Crippen LogP contribution in [0.25, 0.3) is 10.9 Å². The van der Waals surface area contributed by atoms with Gasteiger partial charge in [-0.1, -0.05) is 24.3 Å². The van der Waals surface area contributed by atoms with Gasteiger partial charge in [0.1, 0.15) is 17.7 Å². The summed E-state index contributed by atoms with van der Waals surface area (Å²) in [6.07, 6.45) is 1.52. The maximum atomic E-state index is 13.4. The van der Waals surface area contributed by atoms with Crippen molar-refractivity contribution in [1.29, 1.82) is 5.26 Å². The number of benzene rings is 3. The first-order valence-electron chi connectivity index (χ1n) is 9.36. The molecule has 3 aromatic carbocycles. The highest BCUT2D eigenvalue weighted by Gasteiger charge is 2.16. The first-order chi connectivity index (χ1) is 14.5. The number of ether oxygens (including phenoxy) is 1. The van der Waals surface area contributed by atoms with E-state index in [9.17, 15) is 8.78 Å². The van der Waals surface area contributed by atoms with E-state index in [1.165, 1.54) is 24.3 Å². The minimum Gasteiger partial charge on any atom is -0.367 e. The molecule has 0 bridgehead atoms. The summed E-state index contributed by atoms with van der Waals surface area (Å²) in [7, 11) is 0. The standard InChI is InChI=1S/C24H17BrF2N2O/c25-22-15-29(23-10-1-16(14-28)13-21(22)23)11-12-30-24(17-2-6-19(26)7-3-17)18-4-8-20(27)9-5-18/h1-10,13,15,24H,11-12H2. The number of fused-ring (bicyclic) bond motifs is 1. The number of hydrogen-bond donors (Lipinski definition) is 0. The minimum atomic E-state index is -0.443. The molecule has 150 valence electrons. The molecule has 0 aliphatic heterocycles. The molecule has 0 spiro atoms. The van der Waals surface area contributed by atoms with E-state index in [1.807, 2.05) is 22.9 Å². The van der Waals surface area contributed by atoms with E-state index < -0.39 is 6.10 Å². The summed E-state index contributed by atoms with van der Waals surface area (Å²) >= 11 is 3.55. The Bertz CT molecular complexity index is 1170. The number of hydrogen-bond acceptors (Lipinski definition) is 2. The Balaban J connectivity index is 1.56. The second kappa shape index (κ2) is 8.78. The predicted octanol–water partition coefficient (Wildman–Crippen LogP) is 6.36. The Hall–Kier alpha value is -3.01. The van der Waals surface area contributed by atoms with Crippen molar-refractivity contribution >= 4 is 26.8 Å². The fourth-order valence-electron chi connectivity index (χ4n) is 3.44. The van der Waals surface area contributed by atoms with Crippen LogP contribution in [0.1, 0.15) is 22.8 Å². The van der Waals surface area contributed by atoms with E-state index in [-0.39, 0.29) is 11.6 Å². The maximum absolute atomic E-state index is 13.4. The Labute approximate surface area is 181 Å². The van der Waals surface area contributed by atoms with Crippen LogP contribution in [-0.4, -0.2) is 11.2 Å². The van der Waals surface area contributed by atoms with Crippen LogP contribution < -0.4 is 0 Å². The summed E-state index contributed by atoms with van der Waals surface area (Å²) in [6.45, 7) is 0.961. The van der Waals surface area contributed by atoms with E-state index in [0.717, 1.165) is 26.5 Å². The van der Waals surface area contributed by atoms with Gasteiger partial charge in [-0.25, -0.2) is 8.78 Å². The van der Waals surface area contributed by atoms with Crippen molar-refractivity contribution in [2.45, 2.75) is 12.6 Å². The van der Waals surface area contributed by atoms with E-state index in [1.54, 1.807) is 30.3 Å². The quantitative estimate of drug-likeness (QED) is 0.331. The molecule has 0 saturated heterocycles. The van der Waals surface area contributed by atoms with E-state index in [0.29, 0.717) is 18.7 Å². The van der Waals surface area contributed by atoms with Crippen LogP contribution >= 0.6 is 15.9 Å². The van der Waals surface area contributed by atoms with Gasteiger partial charge in [-0.05, 0) is 69.5 Å². The summed E-state index contributed by atoms with van der Waals surface area (Å²) in [6, 6.07) is 19.9. The molecule has 4 aromatic rings. The number of halogens is 3. The van der Waals surface area contributed by atoms with Gasteiger partial charge < -0.3 is 9.30 Å². The largest absolute Gasteiger partial charge is 0.367 e. The zero-order valence-electron chi connectivity index (χ0n) is 15.9. The Kier molecular flexibility index (Phi) is 5.93. The second-order valence-corrected chi connectivity index (χ2v) is 7.72. The topological polar surface area (TPSA) is 38.0 Å². The van der Waals surface area contributed by atoms with Crippen LogP contribution in [-0.2, 0) is 11.3 Å². The third-order valence-electron chi connectivity index (χ3n) is 4.92. The molecule has 30 heavy (non-hydrogen) atoms. The number of rotatable bonds is 6. The molecule has 0 N–H and O–H groups in total. The van der Waals surface area contributed by atoms with Crippen LogP contribution in [0.5, 0.6) is 0 Å². The lowest BCUT2D eigenvalue weighted by Gasteiger charge is -2.19. The predicted molar refractivity (Wildman–Crippen MR) is 115 cm³/mol. The van der Waals surface area contributed by atoms with Crippen molar-refractivity contribution in [2.24, 2.45) is 0 Å². The molecule has 1 heterocycles. The molecule has 1 aromatic heterocycles. The Morgan fingerprint density at radius 3 is 2.10 bits per heavy atom. The number of nitriles is 1. The number of nitrogens with zero attached hydrogens (tertiary/aromatic N) is 2. The molecular weight excluding hydrogens is 450 g/mol. The van der Waals surface area contributed by atoms with Crippen molar-refractivity contribution in [2.75, 3.05) is 6.61 Å². The first-order valence-corrected chi connectivity index (χ1v) is 10.2. The molecule has 3 nitrogen and oxygen atoms in total. The number of aromatic nitrogens is 1. The van der Waals surface area contributed by atoms with Crippen molar-refractivity contribution in [3.63, 3.8) is 0 Å². The Morgan fingerprint density at radius 2 is 1.53 bits per heavy atom. The molecule has 0 aliphatic carbocycles. The SMILES string of the molecule is N#Cc1ccc2c(c1)c(Br)cn2CCOC(c1ccc(F)cc1)c1ccc(F)cc1. The Morgan fingerprint density at radius 1 is 0.933 bits per heavy atom. The molecule has 0 unspecified atom stereocenters. The van der Waals surface area contributed by atoms with Crippen molar-refractivity contribution in [1.82, 2.24) is 4.57 Å². The second-order valence-electron chi connectivity index (χ2n) is 6.87. The summed E-state index contributed by atoms with van der Waals surface area (Å²) in [5.41, 5.74) is 3.18. The van der Waals surface area contributed by atoms with Gasteiger partial charge in [0, 0.05) is 28.1 Å². The van der Waals surface area contributed by atoms with Gasteiger partial charge in [0.05, 0.1) is 18.2 Å². The molecule has 4 rings (SSSR count). The third kappa shape index (κ3) is 4.28. The molecule has 0 saturated carbocycles. The molecule has 0 amide bonds. The summed E-state index contributed by atoms with van der Waals surface area (Å²) in [5, 5.41) is 10.1. The average molecular weight is 467 g/mol. The highest BCUT2D eigenvalue weighted by molar-refractivity contribution is 9.10. The zero-order chi connectivity index (χ0) is 21.1. The zero-order valence-corrected chi connectivity index (χ0v) is 17.4. The summed E-state index contributed by atoms with van der Waals surface area (Å²) < 4.78 is 35.9. The maximum Gasteiger partial charge on any atom is 0.123 e. The average Bonchev–Trinajstić information content (AvgIpc) is 3.08. The monoisotopic (exact) mass is 466 g/mol. The molecular formula is C24H17BrF2N2O. The van der Waals surface area contributed by atoms with Crippen LogP contribution in [0.2, 0.25) is 0 Å². The lowest BCUT2D eigenvalue weighted by atomic mass is 10.0. The fourth-order valence-corrected chi connectivity index (χ4v) is 4.00. The minimum absolute atomic E-state index is 0.322. The fraction of sp³-hybridized carbons (Fsp3) is 0.125. The van der Waals surface area contributed by atoms with Gasteiger partial charge in [-0.15, -0.1) is 0 Å². The normalized spacial score (nSPS) is 11.2. The lowest BCUT2D eigenvalue weighted by Crippen LogP contribution is -2.11. The highest BCUT2D eigenvalue weighted by atomic mass is 79.9. The van der Waals surface area contributed by atoms with Crippen LogP contribution in [0.15, 0.2) is 77.4 Å². The summed E-state index contributed by atoms with van der Waals surface area (Å²) in [5.74, 6) is -0.644. The van der Waals surface area contributed by atoms with Gasteiger partial charge in [0.2, 0.25) is 0 Å². The van der Waals surface area contributed by atoms with E-state index in [2.05, 4.69) is 22.0 Å². The van der Waals surface area contributed by atoms with Gasteiger partial charge >= 0.3 is 0 Å². The lowest BCUT2D eigenvalue weighted by molar-refractivity contribution is 0.0743. The van der Waals surface area contributed by atoms with Gasteiger partial charge in [-0.2, -0.15) is 5.26 Å². The van der Waals surface area contributed by atoms with Crippen LogP contribution in [0.4, 0.5) is 8.78 Å². The molecule has 0 radical (unpaired) electrons. The van der Waals surface area contributed by atoms with Crippen molar-refractivity contribution in [3.8, 4) is 6.07 Å². The highest BCUT2D eigenvalue weighted by Crippen LogP contribution is 2.29. The molecule has 0 atom stereocenters. The van der Waals surface area contributed by atoms with Crippen molar-refractivity contribution in [3.05, 3.63) is 106 Å². The van der Waals surface area contributed by atoms with Gasteiger partial charge in [-0.3, -0.25) is 0 Å². The van der Waals surface area contributed by atoms with E-state index in [4.69, 9.17) is 10.00 Å². The first kappa shape index (κ1) is 20.3. The van der Waals surface area contributed by atoms with E-state index >= 15 is 0 Å². The summed E-state index contributed by atoms with van der Waals surface area (Å²) in [4.78, 5) is 0. The van der Waals surface area contributed by atoms with Crippen molar-refractivity contribution < 1.29 is 13.5 Å². The van der Waals surface area contributed by atoms with Gasteiger partial charge in [0.25, 0.3) is 0 Å². The van der Waals surface area contributed by atoms with Crippen LogP contribution in [0, 0.1) is 23.0 Å². The van der Waals surface area contributed by atoms with Crippen LogP contribution in [0.3, 0.4) is 0 Å². The molecule has 0 aliphatic rings. The molecule has 6 heteroatoms. The molecule has 0 fully saturated rings. The van der Waals surface area contributed by atoms with Gasteiger partial charge in [0.15, 0.2) is 0 Å². The smallest absolute Gasteiger partial charge is 0.123 e.